The molecule has 1 aromatic rings. The molecular weight excluding hydrogens is 256 g/mol. The van der Waals surface area contributed by atoms with Gasteiger partial charge in [-0.05, 0) is 32.8 Å². The molecule has 0 aliphatic carbocycles. The number of likely N-dealkylation sites (tertiary alicyclic amines) is 1. The summed E-state index contributed by atoms with van der Waals surface area (Å²) < 4.78 is 6.92. The van der Waals surface area contributed by atoms with E-state index in [2.05, 4.69) is 17.3 Å². The van der Waals surface area contributed by atoms with Gasteiger partial charge < -0.3 is 15.0 Å². The second-order valence-electron chi connectivity index (χ2n) is 5.23. The minimum atomic E-state index is -0.189. The molecule has 0 spiro atoms. The van der Waals surface area contributed by atoms with Crippen LogP contribution in [-0.2, 0) is 11.8 Å². The third-order valence-electron chi connectivity index (χ3n) is 3.81. The number of amides is 1. The van der Waals surface area contributed by atoms with Crippen molar-refractivity contribution in [3.05, 3.63) is 18.0 Å². The van der Waals surface area contributed by atoms with Crippen molar-refractivity contribution in [2.24, 2.45) is 7.05 Å². The molecule has 1 atom stereocenters. The molecule has 112 valence electrons. The lowest BCUT2D eigenvalue weighted by Crippen LogP contribution is -2.45. The number of aromatic nitrogens is 2. The van der Waals surface area contributed by atoms with Crippen LogP contribution in [-0.4, -0.2) is 46.5 Å². The van der Waals surface area contributed by atoms with E-state index in [-0.39, 0.29) is 12.1 Å². The molecule has 0 radical (unpaired) electrons. The molecule has 6 nitrogen and oxygen atoms in total. The Labute approximate surface area is 120 Å². The average molecular weight is 280 g/mol. The molecule has 1 fully saturated rings. The first-order valence-corrected chi connectivity index (χ1v) is 7.27. The van der Waals surface area contributed by atoms with Gasteiger partial charge in [0.05, 0.1) is 12.3 Å². The van der Waals surface area contributed by atoms with Crippen LogP contribution in [0.2, 0.25) is 0 Å². The molecule has 1 unspecified atom stereocenters. The first kappa shape index (κ1) is 14.8. The summed E-state index contributed by atoms with van der Waals surface area (Å²) in [4.78, 5) is 13.4. The van der Waals surface area contributed by atoms with Crippen molar-refractivity contribution >= 4 is 6.09 Å². The van der Waals surface area contributed by atoms with Crippen molar-refractivity contribution in [2.45, 2.75) is 38.8 Å². The molecule has 0 saturated carbocycles. The molecule has 6 heteroatoms. The Hall–Kier alpha value is -1.56. The van der Waals surface area contributed by atoms with Crippen molar-refractivity contribution in [3.63, 3.8) is 0 Å². The highest BCUT2D eigenvalue weighted by atomic mass is 16.6. The normalized spacial score (nSPS) is 18.1. The van der Waals surface area contributed by atoms with Crippen LogP contribution in [0.4, 0.5) is 4.79 Å². The number of hydrogen-bond donors (Lipinski definition) is 1. The zero-order valence-corrected chi connectivity index (χ0v) is 12.5. The largest absolute Gasteiger partial charge is 0.450 e. The maximum absolute atomic E-state index is 11.6. The maximum atomic E-state index is 11.6. The van der Waals surface area contributed by atoms with Gasteiger partial charge in [-0.1, -0.05) is 0 Å². The summed E-state index contributed by atoms with van der Waals surface area (Å²) >= 11 is 0. The third kappa shape index (κ3) is 3.50. The van der Waals surface area contributed by atoms with Gasteiger partial charge in [0.1, 0.15) is 0 Å². The van der Waals surface area contributed by atoms with E-state index in [0.29, 0.717) is 12.6 Å². The number of carbonyl (C=O) groups excluding carboxylic acids is 1. The third-order valence-corrected chi connectivity index (χ3v) is 3.81. The van der Waals surface area contributed by atoms with Gasteiger partial charge in [0, 0.05) is 38.4 Å². The lowest BCUT2D eigenvalue weighted by Gasteiger charge is -2.33. The number of aryl methyl sites for hydroxylation is 1. The summed E-state index contributed by atoms with van der Waals surface area (Å²) in [6, 6.07) is 2.73. The lowest BCUT2D eigenvalue weighted by molar-refractivity contribution is 0.0943. The highest BCUT2D eigenvalue weighted by Crippen LogP contribution is 2.17. The Balaban J connectivity index is 1.80. The van der Waals surface area contributed by atoms with E-state index in [1.807, 2.05) is 30.9 Å². The van der Waals surface area contributed by atoms with Gasteiger partial charge in [-0.2, -0.15) is 5.10 Å². The quantitative estimate of drug-likeness (QED) is 0.912. The number of ether oxygens (including phenoxy) is 1. The molecular formula is C14H24N4O2. The van der Waals surface area contributed by atoms with E-state index in [4.69, 9.17) is 4.74 Å². The highest BCUT2D eigenvalue weighted by Gasteiger charge is 2.24. The van der Waals surface area contributed by atoms with Gasteiger partial charge in [0.25, 0.3) is 0 Å². The van der Waals surface area contributed by atoms with E-state index < -0.39 is 0 Å². The number of piperidine rings is 1. The van der Waals surface area contributed by atoms with Crippen LogP contribution < -0.4 is 5.32 Å². The van der Waals surface area contributed by atoms with Gasteiger partial charge >= 0.3 is 6.09 Å². The summed E-state index contributed by atoms with van der Waals surface area (Å²) in [6.07, 6.45) is 3.55. The second-order valence-corrected chi connectivity index (χ2v) is 5.23. The van der Waals surface area contributed by atoms with Crippen LogP contribution in [0.15, 0.2) is 12.3 Å². The fourth-order valence-corrected chi connectivity index (χ4v) is 2.69. The Bertz CT molecular complexity index is 438. The van der Waals surface area contributed by atoms with Crippen molar-refractivity contribution in [1.29, 1.82) is 0 Å². The average Bonchev–Trinajstić information content (AvgIpc) is 2.86. The number of nitrogens with one attached hydrogen (secondary N) is 1. The summed E-state index contributed by atoms with van der Waals surface area (Å²) in [6.45, 7) is 5.94. The Kier molecular flexibility index (Phi) is 5.00. The molecule has 0 aromatic carbocycles. The van der Waals surface area contributed by atoms with Gasteiger partial charge in [-0.25, -0.2) is 4.79 Å². The Morgan fingerprint density at radius 3 is 2.80 bits per heavy atom. The van der Waals surface area contributed by atoms with E-state index in [1.165, 1.54) is 5.69 Å². The fourth-order valence-electron chi connectivity index (χ4n) is 2.69. The second kappa shape index (κ2) is 6.74. The Morgan fingerprint density at radius 1 is 1.55 bits per heavy atom. The molecule has 1 amide bonds. The maximum Gasteiger partial charge on any atom is 0.409 e. The highest BCUT2D eigenvalue weighted by molar-refractivity contribution is 5.67. The Morgan fingerprint density at radius 2 is 2.25 bits per heavy atom. The minimum Gasteiger partial charge on any atom is -0.450 e. The number of hydrogen-bond acceptors (Lipinski definition) is 4. The molecule has 20 heavy (non-hydrogen) atoms. The van der Waals surface area contributed by atoms with Crippen molar-refractivity contribution < 1.29 is 9.53 Å². The van der Waals surface area contributed by atoms with Gasteiger partial charge in [0.15, 0.2) is 0 Å². The van der Waals surface area contributed by atoms with E-state index in [1.54, 1.807) is 4.90 Å². The van der Waals surface area contributed by atoms with Gasteiger partial charge in [-0.15, -0.1) is 0 Å². The summed E-state index contributed by atoms with van der Waals surface area (Å²) in [5.74, 6) is 0. The molecule has 1 aliphatic heterocycles. The predicted octanol–water partition coefficient (Wildman–Crippen LogP) is 1.69. The molecule has 2 rings (SSSR count). The smallest absolute Gasteiger partial charge is 0.409 e. The standard InChI is InChI=1S/C14H24N4O2/c1-4-20-14(19)18-9-6-12(7-10-18)16-11(2)13-5-8-15-17(13)3/h5,8,11-12,16H,4,6-7,9-10H2,1-3H3. The summed E-state index contributed by atoms with van der Waals surface area (Å²) in [7, 11) is 1.96. The lowest BCUT2D eigenvalue weighted by atomic mass is 10.0. The zero-order chi connectivity index (χ0) is 14.5. The van der Waals surface area contributed by atoms with Crippen LogP contribution in [0, 0.1) is 0 Å². The SMILES string of the molecule is CCOC(=O)N1CCC(NC(C)c2ccnn2C)CC1. The van der Waals surface area contributed by atoms with Crippen molar-refractivity contribution in [2.75, 3.05) is 19.7 Å². The van der Waals surface area contributed by atoms with Crippen LogP contribution in [0.3, 0.4) is 0 Å². The monoisotopic (exact) mass is 280 g/mol. The van der Waals surface area contributed by atoms with E-state index >= 15 is 0 Å². The molecule has 1 aromatic heterocycles. The molecule has 1 N–H and O–H groups in total. The minimum absolute atomic E-state index is 0.189. The first-order valence-electron chi connectivity index (χ1n) is 7.27. The van der Waals surface area contributed by atoms with Gasteiger partial charge in [-0.3, -0.25) is 4.68 Å². The predicted molar refractivity (Wildman–Crippen MR) is 76.4 cm³/mol. The zero-order valence-electron chi connectivity index (χ0n) is 12.5. The van der Waals surface area contributed by atoms with Crippen LogP contribution in [0.5, 0.6) is 0 Å². The number of carbonyl (C=O) groups is 1. The van der Waals surface area contributed by atoms with E-state index in [0.717, 1.165) is 25.9 Å². The van der Waals surface area contributed by atoms with Crippen molar-refractivity contribution in [1.82, 2.24) is 20.0 Å². The first-order chi connectivity index (χ1) is 9.61. The fraction of sp³-hybridized carbons (Fsp3) is 0.714. The molecule has 0 bridgehead atoms. The molecule has 1 aliphatic rings. The summed E-state index contributed by atoms with van der Waals surface area (Å²) in [5.41, 5.74) is 1.18. The number of rotatable bonds is 4. The van der Waals surface area contributed by atoms with Crippen LogP contribution in [0.25, 0.3) is 0 Å². The topological polar surface area (TPSA) is 59.4 Å². The van der Waals surface area contributed by atoms with Crippen LogP contribution >= 0.6 is 0 Å². The molecule has 2 heterocycles. The summed E-state index contributed by atoms with van der Waals surface area (Å²) in [5, 5.41) is 7.81. The van der Waals surface area contributed by atoms with Crippen LogP contribution in [0.1, 0.15) is 38.4 Å². The van der Waals surface area contributed by atoms with E-state index in [9.17, 15) is 4.79 Å². The van der Waals surface area contributed by atoms with Crippen molar-refractivity contribution in [3.8, 4) is 0 Å². The number of nitrogens with zero attached hydrogens (tertiary/aromatic N) is 3. The van der Waals surface area contributed by atoms with Gasteiger partial charge in [0.2, 0.25) is 0 Å². The molecule has 1 saturated heterocycles.